The monoisotopic (exact) mass is 690 g/mol. The summed E-state index contributed by atoms with van der Waals surface area (Å²) in [6, 6.07) is 8.47. The Kier molecular flexibility index (Phi) is 22.2. The molecule has 0 amide bonds. The molecule has 0 N–H and O–H groups in total. The summed E-state index contributed by atoms with van der Waals surface area (Å²) >= 11 is 0. The van der Waals surface area contributed by atoms with Gasteiger partial charge in [0.25, 0.3) is 0 Å². The van der Waals surface area contributed by atoms with E-state index in [1.165, 1.54) is 50.5 Å². The molecule has 2 aromatic rings. The Morgan fingerprint density at radius 2 is 1.04 bits per heavy atom. The predicted octanol–water partition coefficient (Wildman–Crippen LogP) is 12.1. The Labute approximate surface area is 316 Å². The van der Waals surface area contributed by atoms with Gasteiger partial charge in [-0.05, 0) is 81.5 Å². The number of benzene rings is 2. The second-order valence-electron chi connectivity index (χ2n) is 15.2. The van der Waals surface area contributed by atoms with Gasteiger partial charge in [0, 0.05) is 36.6 Å². The molecule has 0 fully saturated rings. The van der Waals surface area contributed by atoms with E-state index in [1.807, 2.05) is 12.1 Å². The smallest absolute Gasteiger partial charge is 0.186 e. The first-order chi connectivity index (χ1) is 22.9. The molecule has 0 aromatic heterocycles. The molecule has 2 aromatic carbocycles. The molecular formula is C43H71LiO4P. The number of carbonyl (C=O) groups excluding carboxylic acids is 1. The van der Waals surface area contributed by atoms with Gasteiger partial charge < -0.3 is 14.2 Å². The maximum absolute atomic E-state index is 14.3. The second-order valence-corrected chi connectivity index (χ2v) is 16.4. The summed E-state index contributed by atoms with van der Waals surface area (Å²) in [7, 11) is -0.111. The summed E-state index contributed by atoms with van der Waals surface area (Å²) in [6.45, 7) is 26.3. The molecule has 0 heterocycles. The third-order valence-electron chi connectivity index (χ3n) is 9.97. The standard InChI is InChI=1S/C43H71O4P.Li/c1-12-18-21-33(15-4)28-45-37-26-38(46-29-34(16-5)22-19-13-2)41(39(27-37)47-30-35(17-6)23-20-14-3)48-42(44)40-31(7)24-36(25-32(40)8)43(9,10)11;/h24-27,33-35,48H,12-23,28-30H2,1-11H3;. The molecule has 2 rings (SSSR count). The van der Waals surface area contributed by atoms with E-state index in [0.29, 0.717) is 37.6 Å². The van der Waals surface area contributed by atoms with Gasteiger partial charge >= 0.3 is 0 Å². The van der Waals surface area contributed by atoms with Crippen molar-refractivity contribution in [3.8, 4) is 17.2 Å². The largest absolute Gasteiger partial charge is 0.493 e. The van der Waals surface area contributed by atoms with Crippen LogP contribution >= 0.6 is 8.58 Å². The molecule has 4 unspecified atom stereocenters. The average Bonchev–Trinajstić information content (AvgIpc) is 3.05. The van der Waals surface area contributed by atoms with Gasteiger partial charge in [-0.15, -0.1) is 0 Å². The van der Waals surface area contributed by atoms with Crippen molar-refractivity contribution < 1.29 is 19.0 Å². The fraction of sp³-hybridized carbons (Fsp3) is 0.698. The van der Waals surface area contributed by atoms with Crippen LogP contribution in [0.2, 0.25) is 0 Å². The molecule has 0 aliphatic rings. The molecule has 0 saturated heterocycles. The first kappa shape index (κ1) is 45.6. The molecule has 0 bridgehead atoms. The number of carbonyl (C=O) groups is 1. The maximum atomic E-state index is 14.3. The molecule has 1 radical (unpaired) electrons. The minimum atomic E-state index is -0.111. The molecule has 273 valence electrons. The van der Waals surface area contributed by atoms with Gasteiger partial charge in [0.05, 0.1) is 25.1 Å². The van der Waals surface area contributed by atoms with Crippen LogP contribution in [-0.2, 0) is 5.41 Å². The Morgan fingerprint density at radius 1 is 0.653 bits per heavy atom. The van der Waals surface area contributed by atoms with E-state index in [2.05, 4.69) is 88.3 Å². The molecule has 0 aliphatic carbocycles. The van der Waals surface area contributed by atoms with Crippen molar-refractivity contribution in [2.75, 3.05) is 19.8 Å². The summed E-state index contributed by atoms with van der Waals surface area (Å²) in [5, 5.41) is 0.875. The van der Waals surface area contributed by atoms with Crippen LogP contribution < -0.4 is 19.5 Å². The van der Waals surface area contributed by atoms with Gasteiger partial charge in [-0.25, -0.2) is 0 Å². The van der Waals surface area contributed by atoms with Crippen molar-refractivity contribution in [3.05, 3.63) is 46.5 Å². The molecule has 0 spiro atoms. The minimum Gasteiger partial charge on any atom is -0.493 e. The van der Waals surface area contributed by atoms with Crippen molar-refractivity contribution in [2.45, 2.75) is 159 Å². The van der Waals surface area contributed by atoms with E-state index in [1.54, 1.807) is 0 Å². The van der Waals surface area contributed by atoms with E-state index < -0.39 is 0 Å². The van der Waals surface area contributed by atoms with Gasteiger partial charge in [0.2, 0.25) is 0 Å². The zero-order valence-electron chi connectivity index (χ0n) is 33.8. The van der Waals surface area contributed by atoms with E-state index in [0.717, 1.165) is 71.3 Å². The number of hydrogen-bond donors (Lipinski definition) is 0. The first-order valence-electron chi connectivity index (χ1n) is 19.4. The summed E-state index contributed by atoms with van der Waals surface area (Å²) in [5.74, 6) is 3.72. The third kappa shape index (κ3) is 15.4. The van der Waals surface area contributed by atoms with E-state index in [-0.39, 0.29) is 38.4 Å². The summed E-state index contributed by atoms with van der Waals surface area (Å²) < 4.78 is 20.0. The molecule has 0 saturated carbocycles. The van der Waals surface area contributed by atoms with Crippen LogP contribution in [0.5, 0.6) is 17.2 Å². The van der Waals surface area contributed by atoms with Crippen molar-refractivity contribution >= 4 is 38.3 Å². The van der Waals surface area contributed by atoms with Crippen LogP contribution in [0.1, 0.15) is 166 Å². The number of rotatable bonds is 24. The fourth-order valence-corrected chi connectivity index (χ4v) is 7.54. The van der Waals surface area contributed by atoms with E-state index in [4.69, 9.17) is 14.2 Å². The van der Waals surface area contributed by atoms with Crippen LogP contribution in [0.15, 0.2) is 24.3 Å². The first-order valence-corrected chi connectivity index (χ1v) is 20.4. The fourth-order valence-electron chi connectivity index (χ4n) is 6.25. The topological polar surface area (TPSA) is 44.8 Å². The zero-order valence-corrected chi connectivity index (χ0v) is 34.8. The van der Waals surface area contributed by atoms with Crippen molar-refractivity contribution in [1.29, 1.82) is 0 Å². The average molecular weight is 690 g/mol. The van der Waals surface area contributed by atoms with Crippen molar-refractivity contribution in [1.82, 2.24) is 0 Å². The zero-order chi connectivity index (χ0) is 35.7. The van der Waals surface area contributed by atoms with Crippen LogP contribution in [0.25, 0.3) is 0 Å². The molecule has 4 nitrogen and oxygen atoms in total. The van der Waals surface area contributed by atoms with Crippen molar-refractivity contribution in [3.63, 3.8) is 0 Å². The Balaban J connectivity index is 0.0000120. The van der Waals surface area contributed by atoms with Crippen LogP contribution in [-0.4, -0.2) is 44.2 Å². The van der Waals surface area contributed by atoms with E-state index in [9.17, 15) is 4.79 Å². The molecule has 0 aliphatic heterocycles. The SMILES string of the molecule is CCCCC(CC)COc1cc(OCC(CC)CCCC)c(PC(=O)c2c(C)cc(C(C)(C)C)cc2C)c(OCC(CC)CCCC)c1.[Li]. The maximum Gasteiger partial charge on any atom is 0.186 e. The number of aryl methyl sites for hydroxylation is 2. The predicted molar refractivity (Wildman–Crippen MR) is 215 cm³/mol. The second kappa shape index (κ2) is 23.9. The summed E-state index contributed by atoms with van der Waals surface area (Å²) in [4.78, 5) is 14.3. The molecule has 6 heteroatoms. The Bertz CT molecular complexity index is 1170. The van der Waals surface area contributed by atoms with Gasteiger partial charge in [-0.3, -0.25) is 4.79 Å². The Morgan fingerprint density at radius 3 is 1.39 bits per heavy atom. The number of hydrogen-bond acceptors (Lipinski definition) is 4. The summed E-state index contributed by atoms with van der Waals surface area (Å²) in [6.07, 6.45) is 13.9. The molecule has 49 heavy (non-hydrogen) atoms. The number of ether oxygens (including phenoxy) is 3. The molecule has 4 atom stereocenters. The van der Waals surface area contributed by atoms with Gasteiger partial charge in [0.1, 0.15) is 17.2 Å². The number of unbranched alkanes of at least 4 members (excludes halogenated alkanes) is 3. The van der Waals surface area contributed by atoms with Crippen LogP contribution in [0, 0.1) is 31.6 Å². The minimum absolute atomic E-state index is 0. The van der Waals surface area contributed by atoms with Crippen molar-refractivity contribution in [2.24, 2.45) is 17.8 Å². The van der Waals surface area contributed by atoms with Crippen LogP contribution in [0.3, 0.4) is 0 Å². The Hall–Kier alpha value is -1.46. The molecular weight excluding hydrogens is 618 g/mol. The third-order valence-corrected chi connectivity index (χ3v) is 11.2. The van der Waals surface area contributed by atoms with Crippen LogP contribution in [0.4, 0.5) is 0 Å². The normalized spacial score (nSPS) is 13.6. The quantitative estimate of drug-likeness (QED) is 0.0813. The van der Waals surface area contributed by atoms with Gasteiger partial charge in [-0.2, -0.15) is 0 Å². The van der Waals surface area contributed by atoms with E-state index >= 15 is 0 Å². The summed E-state index contributed by atoms with van der Waals surface area (Å²) in [5.41, 5.74) is 4.31. The van der Waals surface area contributed by atoms with Gasteiger partial charge in [0.15, 0.2) is 5.52 Å². The van der Waals surface area contributed by atoms with Gasteiger partial charge in [-0.1, -0.05) is 132 Å².